The van der Waals surface area contributed by atoms with Gasteiger partial charge in [-0.3, -0.25) is 19.9 Å². The molecule has 11 heteroatoms. The first kappa shape index (κ1) is 26.0. The molecular weight excluding hydrogens is 488 g/mol. The molecule has 11 nitrogen and oxygen atoms in total. The summed E-state index contributed by atoms with van der Waals surface area (Å²) >= 11 is 0. The Morgan fingerprint density at radius 1 is 1.11 bits per heavy atom. The quantitative estimate of drug-likeness (QED) is 0.164. The van der Waals surface area contributed by atoms with Gasteiger partial charge in [0.1, 0.15) is 11.6 Å². The summed E-state index contributed by atoms with van der Waals surface area (Å²) in [6, 6.07) is 15.3. The van der Waals surface area contributed by atoms with Gasteiger partial charge in [-0.05, 0) is 42.3 Å². The number of ether oxygens (including phenoxy) is 1. The van der Waals surface area contributed by atoms with Gasteiger partial charge in [0.25, 0.3) is 0 Å². The molecule has 4 rings (SSSR count). The van der Waals surface area contributed by atoms with Gasteiger partial charge in [0, 0.05) is 54.4 Å². The molecule has 38 heavy (non-hydrogen) atoms. The second kappa shape index (κ2) is 11.3. The van der Waals surface area contributed by atoms with Crippen LogP contribution in [0.25, 0.3) is 10.9 Å². The van der Waals surface area contributed by atoms with Crippen molar-refractivity contribution in [3.63, 3.8) is 0 Å². The Morgan fingerprint density at radius 3 is 2.53 bits per heavy atom. The summed E-state index contributed by atoms with van der Waals surface area (Å²) < 4.78 is 7.38. The topological polar surface area (TPSA) is 164 Å². The van der Waals surface area contributed by atoms with Crippen LogP contribution in [0.3, 0.4) is 0 Å². The van der Waals surface area contributed by atoms with Crippen molar-refractivity contribution >= 4 is 40.4 Å². The standard InChI is InChI=1S/C27H26N6O5/c1-32-16-21(23(34)11-6-17-4-7-18(8-5-17)26(28)29)20-15-19(9-10-22(20)32)38-27(37)33(14-12-25(35)36)24-3-2-13-30-31-24/h2-5,7-10,13,15-16H,6,11-12,14H2,1H3,(H3,28,29)(H,35,36). The fourth-order valence-corrected chi connectivity index (χ4v) is 4.00. The number of benzene rings is 2. The van der Waals surface area contributed by atoms with E-state index < -0.39 is 12.1 Å². The summed E-state index contributed by atoms with van der Waals surface area (Å²) in [5.74, 6) is -0.798. The molecule has 0 fully saturated rings. The summed E-state index contributed by atoms with van der Waals surface area (Å²) in [5, 5.41) is 24.8. The number of carboxylic acids is 1. The molecule has 4 aromatic rings. The molecule has 4 N–H and O–H groups in total. The lowest BCUT2D eigenvalue weighted by Crippen LogP contribution is -2.36. The van der Waals surface area contributed by atoms with E-state index in [9.17, 15) is 14.4 Å². The number of hydrogen-bond acceptors (Lipinski definition) is 7. The number of amides is 1. The molecule has 0 bridgehead atoms. The Hall–Kier alpha value is -5.06. The number of fused-ring (bicyclic) bond motifs is 1. The van der Waals surface area contributed by atoms with E-state index in [0.29, 0.717) is 22.9 Å². The van der Waals surface area contributed by atoms with Crippen LogP contribution in [0.1, 0.15) is 34.3 Å². The van der Waals surface area contributed by atoms with Gasteiger partial charge < -0.3 is 20.1 Å². The first-order chi connectivity index (χ1) is 18.2. The number of aliphatic carboxylic acids is 1. The number of nitrogen functional groups attached to an aromatic ring is 1. The monoisotopic (exact) mass is 514 g/mol. The van der Waals surface area contributed by atoms with Gasteiger partial charge >= 0.3 is 12.1 Å². The number of anilines is 1. The van der Waals surface area contributed by atoms with E-state index in [1.165, 1.54) is 12.3 Å². The van der Waals surface area contributed by atoms with Crippen molar-refractivity contribution in [1.82, 2.24) is 14.8 Å². The number of ketones is 1. The highest BCUT2D eigenvalue weighted by atomic mass is 16.6. The molecule has 2 aromatic heterocycles. The van der Waals surface area contributed by atoms with Gasteiger partial charge in [0.2, 0.25) is 0 Å². The van der Waals surface area contributed by atoms with Gasteiger partial charge in [0.05, 0.1) is 6.42 Å². The second-order valence-corrected chi connectivity index (χ2v) is 8.61. The van der Waals surface area contributed by atoms with Crippen LogP contribution in [0.2, 0.25) is 0 Å². The lowest BCUT2D eigenvalue weighted by Gasteiger charge is -2.19. The highest BCUT2D eigenvalue weighted by Crippen LogP contribution is 2.27. The minimum atomic E-state index is -1.07. The maximum absolute atomic E-state index is 13.1. The summed E-state index contributed by atoms with van der Waals surface area (Å²) in [4.78, 5) is 38.3. The lowest BCUT2D eigenvalue weighted by molar-refractivity contribution is -0.136. The van der Waals surface area contributed by atoms with Crippen molar-refractivity contribution in [3.05, 3.63) is 83.7 Å². The molecule has 0 unspecified atom stereocenters. The second-order valence-electron chi connectivity index (χ2n) is 8.61. The fourth-order valence-electron chi connectivity index (χ4n) is 4.00. The molecule has 0 aliphatic carbocycles. The SMILES string of the molecule is Cn1cc(C(=O)CCc2ccc(C(=N)N)cc2)c2cc(OC(=O)N(CCC(=O)O)c3cccnn3)ccc21. The number of Topliss-reactive ketones (excluding diaryl/α,β-unsaturated/α-hetero) is 1. The smallest absolute Gasteiger partial charge is 0.421 e. The first-order valence-electron chi connectivity index (χ1n) is 11.8. The number of rotatable bonds is 10. The Balaban J connectivity index is 1.52. The molecular formula is C27H26N6O5. The van der Waals surface area contributed by atoms with Crippen LogP contribution < -0.4 is 15.4 Å². The highest BCUT2D eigenvalue weighted by Gasteiger charge is 2.22. The number of hydrogen-bond donors (Lipinski definition) is 3. The number of nitrogens with two attached hydrogens (primary N) is 1. The van der Waals surface area contributed by atoms with Crippen LogP contribution in [0.4, 0.5) is 10.6 Å². The van der Waals surface area contributed by atoms with E-state index in [1.807, 2.05) is 23.7 Å². The predicted molar refractivity (Wildman–Crippen MR) is 141 cm³/mol. The Kier molecular flexibility index (Phi) is 7.76. The van der Waals surface area contributed by atoms with E-state index in [-0.39, 0.29) is 42.6 Å². The zero-order chi connectivity index (χ0) is 27.2. The molecule has 0 radical (unpaired) electrons. The maximum atomic E-state index is 13.1. The van der Waals surface area contributed by atoms with Crippen LogP contribution in [-0.2, 0) is 18.3 Å². The molecule has 1 amide bonds. The average Bonchev–Trinajstić information content (AvgIpc) is 3.23. The van der Waals surface area contributed by atoms with E-state index in [2.05, 4.69) is 10.2 Å². The molecule has 2 heterocycles. The van der Waals surface area contributed by atoms with Crippen LogP contribution in [0.15, 0.2) is 67.0 Å². The number of nitrogens with zero attached hydrogens (tertiary/aromatic N) is 4. The van der Waals surface area contributed by atoms with E-state index >= 15 is 0 Å². The predicted octanol–water partition coefficient (Wildman–Crippen LogP) is 3.55. The molecule has 0 saturated heterocycles. The third kappa shape index (κ3) is 6.01. The average molecular weight is 515 g/mol. The van der Waals surface area contributed by atoms with Crippen molar-refractivity contribution in [3.8, 4) is 5.75 Å². The van der Waals surface area contributed by atoms with Gasteiger partial charge in [-0.25, -0.2) is 4.79 Å². The molecule has 2 aromatic carbocycles. The number of nitrogens with one attached hydrogen (secondary N) is 1. The summed E-state index contributed by atoms with van der Waals surface area (Å²) in [5.41, 5.74) is 8.35. The number of aryl methyl sites for hydroxylation is 2. The van der Waals surface area contributed by atoms with Crippen molar-refractivity contribution < 1.29 is 24.2 Å². The molecule has 0 spiro atoms. The molecule has 0 saturated carbocycles. The van der Waals surface area contributed by atoms with Crippen molar-refractivity contribution in [2.75, 3.05) is 11.4 Å². The number of carbonyl (C=O) groups is 3. The fraction of sp³-hybridized carbons (Fsp3) is 0.185. The number of amidine groups is 1. The summed E-state index contributed by atoms with van der Waals surface area (Å²) in [7, 11) is 1.83. The summed E-state index contributed by atoms with van der Waals surface area (Å²) in [6.07, 6.45) is 2.84. The van der Waals surface area contributed by atoms with Crippen LogP contribution in [0.5, 0.6) is 5.75 Å². The zero-order valence-electron chi connectivity index (χ0n) is 20.6. The molecule has 0 aliphatic rings. The van der Waals surface area contributed by atoms with E-state index in [0.717, 1.165) is 16.0 Å². The largest absolute Gasteiger partial charge is 0.481 e. The minimum Gasteiger partial charge on any atom is -0.481 e. The van der Waals surface area contributed by atoms with Crippen molar-refractivity contribution in [2.45, 2.75) is 19.3 Å². The van der Waals surface area contributed by atoms with E-state index in [1.54, 1.807) is 42.6 Å². The molecule has 0 atom stereocenters. The van der Waals surface area contributed by atoms with Crippen LogP contribution >= 0.6 is 0 Å². The van der Waals surface area contributed by atoms with Gasteiger partial charge in [-0.1, -0.05) is 24.3 Å². The minimum absolute atomic E-state index is 0.0124. The normalized spacial score (nSPS) is 10.8. The molecule has 194 valence electrons. The maximum Gasteiger partial charge on any atom is 0.421 e. The Bertz CT molecular complexity index is 1500. The van der Waals surface area contributed by atoms with Gasteiger partial charge in [0.15, 0.2) is 11.6 Å². The third-order valence-corrected chi connectivity index (χ3v) is 5.98. The van der Waals surface area contributed by atoms with Gasteiger partial charge in [-0.15, -0.1) is 5.10 Å². The lowest BCUT2D eigenvalue weighted by atomic mass is 10.0. The van der Waals surface area contributed by atoms with Crippen molar-refractivity contribution in [2.24, 2.45) is 12.8 Å². The number of carboxylic acid groups (broad SMARTS) is 1. The zero-order valence-corrected chi connectivity index (χ0v) is 20.6. The number of aromatic nitrogens is 3. The first-order valence-corrected chi connectivity index (χ1v) is 11.8. The third-order valence-electron chi connectivity index (χ3n) is 5.98. The van der Waals surface area contributed by atoms with Crippen LogP contribution in [-0.4, -0.2) is 50.1 Å². The Labute approximate surface area is 218 Å². The van der Waals surface area contributed by atoms with E-state index in [4.69, 9.17) is 21.0 Å². The molecule has 0 aliphatic heterocycles. The summed E-state index contributed by atoms with van der Waals surface area (Å²) in [6.45, 7) is -0.155. The van der Waals surface area contributed by atoms with Crippen molar-refractivity contribution in [1.29, 1.82) is 5.41 Å². The number of carbonyl (C=O) groups excluding carboxylic acids is 2. The highest BCUT2D eigenvalue weighted by molar-refractivity contribution is 6.08. The van der Waals surface area contributed by atoms with Gasteiger partial charge in [-0.2, -0.15) is 5.10 Å². The van der Waals surface area contributed by atoms with Crippen LogP contribution in [0, 0.1) is 5.41 Å². The Morgan fingerprint density at radius 2 is 1.87 bits per heavy atom.